The smallest absolute Gasteiger partial charge is 0.169 e. The van der Waals surface area contributed by atoms with E-state index in [0.717, 1.165) is 36.6 Å². The van der Waals surface area contributed by atoms with Gasteiger partial charge in [-0.3, -0.25) is 5.10 Å². The van der Waals surface area contributed by atoms with Crippen LogP contribution in [0.15, 0.2) is 6.20 Å². The van der Waals surface area contributed by atoms with E-state index in [2.05, 4.69) is 25.0 Å². The fraction of sp³-hybridized carbons (Fsp3) is 0.375. The third-order valence-corrected chi connectivity index (χ3v) is 2.52. The van der Waals surface area contributed by atoms with E-state index in [1.165, 1.54) is 0 Å². The summed E-state index contributed by atoms with van der Waals surface area (Å²) in [7, 11) is 0. The number of nitrogens with one attached hydrogen (secondary N) is 1. The molecule has 0 radical (unpaired) electrons. The minimum absolute atomic E-state index is 0.548. The Kier molecular flexibility index (Phi) is 1.38. The van der Waals surface area contributed by atoms with Gasteiger partial charge in [-0.25, -0.2) is 0 Å². The zero-order chi connectivity index (χ0) is 9.54. The van der Waals surface area contributed by atoms with Crippen molar-refractivity contribution in [2.75, 3.05) is 5.73 Å². The zero-order valence-corrected chi connectivity index (χ0v) is 7.56. The summed E-state index contributed by atoms with van der Waals surface area (Å²) in [5.41, 5.74) is 6.57. The molecule has 2 aromatic rings. The molecule has 0 fully saturated rings. The normalized spacial score (nSPS) is 14.6. The van der Waals surface area contributed by atoms with Crippen LogP contribution >= 0.6 is 0 Å². The standard InChI is InChI=1S/C8H10N6/c9-7-5(4-10-12-7)8-13-11-6-2-1-3-14(6)8/h4H,1-3H2,(H3,9,10,12). The van der Waals surface area contributed by atoms with Crippen molar-refractivity contribution in [1.82, 2.24) is 25.0 Å². The van der Waals surface area contributed by atoms with Crippen molar-refractivity contribution in [3.8, 4) is 11.4 Å². The van der Waals surface area contributed by atoms with Gasteiger partial charge >= 0.3 is 0 Å². The Morgan fingerprint density at radius 2 is 2.36 bits per heavy atom. The van der Waals surface area contributed by atoms with Crippen molar-refractivity contribution in [3.05, 3.63) is 12.0 Å². The number of hydrogen-bond acceptors (Lipinski definition) is 4. The third kappa shape index (κ3) is 0.876. The number of anilines is 1. The number of nitrogens with zero attached hydrogens (tertiary/aromatic N) is 4. The molecule has 0 aliphatic carbocycles. The number of fused-ring (bicyclic) bond motifs is 1. The Balaban J connectivity index is 2.17. The van der Waals surface area contributed by atoms with E-state index >= 15 is 0 Å². The molecule has 0 bridgehead atoms. The van der Waals surface area contributed by atoms with Crippen LogP contribution in [-0.2, 0) is 13.0 Å². The van der Waals surface area contributed by atoms with Gasteiger partial charge in [0.2, 0.25) is 0 Å². The van der Waals surface area contributed by atoms with Crippen molar-refractivity contribution in [2.24, 2.45) is 0 Å². The summed E-state index contributed by atoms with van der Waals surface area (Å²) in [5.74, 6) is 2.41. The van der Waals surface area contributed by atoms with E-state index in [-0.39, 0.29) is 0 Å². The lowest BCUT2D eigenvalue weighted by atomic mass is 10.3. The van der Waals surface area contributed by atoms with Gasteiger partial charge in [-0.1, -0.05) is 0 Å². The Bertz CT molecular complexity index is 468. The molecule has 0 spiro atoms. The van der Waals surface area contributed by atoms with Gasteiger partial charge in [-0.05, 0) is 6.42 Å². The van der Waals surface area contributed by atoms with Crippen LogP contribution in [0.25, 0.3) is 11.4 Å². The Labute approximate surface area is 80.1 Å². The van der Waals surface area contributed by atoms with E-state index in [0.29, 0.717) is 5.82 Å². The predicted octanol–water partition coefficient (Wildman–Crippen LogP) is 0.197. The van der Waals surface area contributed by atoms with Crippen LogP contribution in [0.5, 0.6) is 0 Å². The van der Waals surface area contributed by atoms with Gasteiger partial charge in [0.25, 0.3) is 0 Å². The highest BCUT2D eigenvalue weighted by atomic mass is 15.3. The molecular weight excluding hydrogens is 180 g/mol. The summed E-state index contributed by atoms with van der Waals surface area (Å²) in [4.78, 5) is 0. The van der Waals surface area contributed by atoms with Crippen LogP contribution in [0.1, 0.15) is 12.2 Å². The number of nitrogen functional groups attached to an aromatic ring is 1. The maximum Gasteiger partial charge on any atom is 0.169 e. The van der Waals surface area contributed by atoms with E-state index in [1.807, 2.05) is 0 Å². The molecule has 0 unspecified atom stereocenters. The molecule has 6 nitrogen and oxygen atoms in total. The van der Waals surface area contributed by atoms with Crippen molar-refractivity contribution < 1.29 is 0 Å². The molecule has 1 aliphatic heterocycles. The SMILES string of the molecule is Nc1[nH]ncc1-c1nnc2n1CCC2. The lowest BCUT2D eigenvalue weighted by Crippen LogP contribution is -1.97. The monoisotopic (exact) mass is 190 g/mol. The second kappa shape index (κ2) is 2.57. The Morgan fingerprint density at radius 1 is 1.43 bits per heavy atom. The largest absolute Gasteiger partial charge is 0.383 e. The summed E-state index contributed by atoms with van der Waals surface area (Å²) in [6.07, 6.45) is 3.82. The van der Waals surface area contributed by atoms with Crippen molar-refractivity contribution in [3.63, 3.8) is 0 Å². The van der Waals surface area contributed by atoms with Gasteiger partial charge in [-0.2, -0.15) is 5.10 Å². The lowest BCUT2D eigenvalue weighted by molar-refractivity contribution is 0.749. The van der Waals surface area contributed by atoms with Crippen molar-refractivity contribution >= 4 is 5.82 Å². The van der Waals surface area contributed by atoms with Crippen LogP contribution in [0.3, 0.4) is 0 Å². The predicted molar refractivity (Wildman–Crippen MR) is 50.3 cm³/mol. The molecule has 72 valence electrons. The summed E-state index contributed by atoms with van der Waals surface area (Å²) in [6, 6.07) is 0. The maximum atomic E-state index is 5.73. The molecule has 3 heterocycles. The number of hydrogen-bond donors (Lipinski definition) is 2. The molecule has 0 amide bonds. The van der Waals surface area contributed by atoms with Gasteiger partial charge in [0.1, 0.15) is 11.6 Å². The molecule has 1 aliphatic rings. The average Bonchev–Trinajstić information content (AvgIpc) is 2.78. The molecule has 0 saturated heterocycles. The van der Waals surface area contributed by atoms with Crippen molar-refractivity contribution in [1.29, 1.82) is 0 Å². The Morgan fingerprint density at radius 3 is 3.14 bits per heavy atom. The highest BCUT2D eigenvalue weighted by Crippen LogP contribution is 2.25. The minimum Gasteiger partial charge on any atom is -0.383 e. The first-order valence-corrected chi connectivity index (χ1v) is 4.57. The van der Waals surface area contributed by atoms with Crippen LogP contribution in [0.4, 0.5) is 5.82 Å². The third-order valence-electron chi connectivity index (χ3n) is 2.52. The molecule has 3 rings (SSSR count). The van der Waals surface area contributed by atoms with E-state index in [4.69, 9.17) is 5.73 Å². The van der Waals surface area contributed by atoms with Crippen LogP contribution in [0.2, 0.25) is 0 Å². The zero-order valence-electron chi connectivity index (χ0n) is 7.56. The summed E-state index contributed by atoms with van der Waals surface area (Å²) in [5, 5.41) is 14.8. The number of nitrogens with two attached hydrogens (primary N) is 1. The number of aryl methyl sites for hydroxylation is 1. The molecular formula is C8H10N6. The molecule has 14 heavy (non-hydrogen) atoms. The van der Waals surface area contributed by atoms with Gasteiger partial charge in [0.15, 0.2) is 5.82 Å². The van der Waals surface area contributed by atoms with Gasteiger partial charge in [0.05, 0.1) is 11.8 Å². The highest BCUT2D eigenvalue weighted by Gasteiger charge is 2.20. The molecule has 3 N–H and O–H groups in total. The first-order valence-electron chi connectivity index (χ1n) is 4.57. The van der Waals surface area contributed by atoms with Crippen LogP contribution < -0.4 is 5.73 Å². The minimum atomic E-state index is 0.548. The maximum absolute atomic E-state index is 5.73. The summed E-state index contributed by atoms with van der Waals surface area (Å²) < 4.78 is 2.10. The second-order valence-electron chi connectivity index (χ2n) is 3.39. The molecule has 0 saturated carbocycles. The summed E-state index contributed by atoms with van der Waals surface area (Å²) in [6.45, 7) is 0.974. The number of rotatable bonds is 1. The number of H-pyrrole nitrogens is 1. The molecule has 2 aromatic heterocycles. The molecule has 0 atom stereocenters. The topological polar surface area (TPSA) is 85.4 Å². The second-order valence-corrected chi connectivity index (χ2v) is 3.39. The van der Waals surface area contributed by atoms with E-state index < -0.39 is 0 Å². The summed E-state index contributed by atoms with van der Waals surface area (Å²) >= 11 is 0. The first-order chi connectivity index (χ1) is 6.86. The van der Waals surface area contributed by atoms with Crippen molar-refractivity contribution in [2.45, 2.75) is 19.4 Å². The number of aromatic nitrogens is 5. The fourth-order valence-electron chi connectivity index (χ4n) is 1.82. The van der Waals surface area contributed by atoms with Crippen LogP contribution in [-0.4, -0.2) is 25.0 Å². The van der Waals surface area contributed by atoms with Gasteiger partial charge in [0, 0.05) is 13.0 Å². The fourth-order valence-corrected chi connectivity index (χ4v) is 1.82. The van der Waals surface area contributed by atoms with Gasteiger partial charge < -0.3 is 10.3 Å². The van der Waals surface area contributed by atoms with Gasteiger partial charge in [-0.15, -0.1) is 10.2 Å². The first kappa shape index (κ1) is 7.54. The van der Waals surface area contributed by atoms with E-state index in [9.17, 15) is 0 Å². The van der Waals surface area contributed by atoms with Crippen LogP contribution in [0, 0.1) is 0 Å². The molecule has 6 heteroatoms. The van der Waals surface area contributed by atoms with E-state index in [1.54, 1.807) is 6.20 Å². The molecule has 0 aromatic carbocycles. The number of aromatic amines is 1. The average molecular weight is 190 g/mol. The highest BCUT2D eigenvalue weighted by molar-refractivity contribution is 5.67. The lowest BCUT2D eigenvalue weighted by Gasteiger charge is -1.99. The Hall–Kier alpha value is -1.85. The quantitative estimate of drug-likeness (QED) is 0.672.